The zero-order valence-electron chi connectivity index (χ0n) is 14.1. The van der Waals surface area contributed by atoms with Gasteiger partial charge in [-0.1, -0.05) is 11.3 Å². The second-order valence-corrected chi connectivity index (χ2v) is 6.91. The molecule has 0 spiro atoms. The third kappa shape index (κ3) is 4.06. The van der Waals surface area contributed by atoms with Gasteiger partial charge in [0.15, 0.2) is 16.6 Å². The van der Waals surface area contributed by atoms with Crippen molar-refractivity contribution in [3.8, 4) is 0 Å². The number of rotatable bonds is 6. The van der Waals surface area contributed by atoms with E-state index in [-0.39, 0.29) is 5.82 Å². The Morgan fingerprint density at radius 1 is 1.15 bits per heavy atom. The smallest absolute Gasteiger partial charge is 0.185 e. The molecule has 0 saturated carbocycles. The fourth-order valence-electron chi connectivity index (χ4n) is 2.73. The summed E-state index contributed by atoms with van der Waals surface area (Å²) in [5, 5.41) is 7.37. The number of nitrogens with one attached hydrogen (secondary N) is 2. The summed E-state index contributed by atoms with van der Waals surface area (Å²) in [4.78, 5) is 15.4. The van der Waals surface area contributed by atoms with Crippen LogP contribution >= 0.6 is 11.3 Å². The van der Waals surface area contributed by atoms with Crippen LogP contribution in [-0.2, 0) is 4.74 Å². The van der Waals surface area contributed by atoms with Crippen LogP contribution in [0.3, 0.4) is 0 Å². The molecule has 1 aliphatic heterocycles. The Balaban J connectivity index is 1.43. The lowest BCUT2D eigenvalue weighted by Crippen LogP contribution is -2.38. The molecule has 0 bridgehead atoms. The lowest BCUT2D eigenvalue weighted by molar-refractivity contribution is 0.0398. The lowest BCUT2D eigenvalue weighted by atomic mass is 10.3. The van der Waals surface area contributed by atoms with Gasteiger partial charge in [-0.05, 0) is 24.3 Å². The van der Waals surface area contributed by atoms with E-state index in [0.717, 1.165) is 54.9 Å². The maximum absolute atomic E-state index is 13.1. The fourth-order valence-corrected chi connectivity index (χ4v) is 3.62. The molecule has 0 amide bonds. The van der Waals surface area contributed by atoms with E-state index >= 15 is 0 Å². The average molecular weight is 374 g/mol. The molecule has 1 saturated heterocycles. The van der Waals surface area contributed by atoms with Crippen molar-refractivity contribution < 1.29 is 9.13 Å². The van der Waals surface area contributed by atoms with Crippen molar-refractivity contribution in [3.05, 3.63) is 36.4 Å². The summed E-state index contributed by atoms with van der Waals surface area (Å²) < 4.78 is 19.3. The number of fused-ring (bicyclic) bond motifs is 1. The molecule has 3 aromatic rings. The molecule has 0 radical (unpaired) electrons. The van der Waals surface area contributed by atoms with Gasteiger partial charge in [0, 0.05) is 31.9 Å². The number of halogens is 1. The molecule has 0 atom stereocenters. The normalized spacial score (nSPS) is 15.3. The Morgan fingerprint density at radius 2 is 1.96 bits per heavy atom. The van der Waals surface area contributed by atoms with Crippen LogP contribution in [0.5, 0.6) is 0 Å². The van der Waals surface area contributed by atoms with Crippen molar-refractivity contribution in [2.75, 3.05) is 50.0 Å². The summed E-state index contributed by atoms with van der Waals surface area (Å²) in [6, 6.07) is 6.16. The van der Waals surface area contributed by atoms with Gasteiger partial charge in [0.25, 0.3) is 0 Å². The number of thiazole rings is 1. The van der Waals surface area contributed by atoms with E-state index < -0.39 is 0 Å². The van der Waals surface area contributed by atoms with E-state index in [1.807, 2.05) is 0 Å². The van der Waals surface area contributed by atoms with E-state index in [1.54, 1.807) is 12.1 Å². The summed E-state index contributed by atoms with van der Waals surface area (Å²) in [5.74, 6) is 0.397. The van der Waals surface area contributed by atoms with Crippen LogP contribution in [0.1, 0.15) is 0 Å². The van der Waals surface area contributed by atoms with Crippen molar-refractivity contribution in [1.82, 2.24) is 19.9 Å². The minimum absolute atomic E-state index is 0.270. The van der Waals surface area contributed by atoms with E-state index in [1.165, 1.54) is 29.8 Å². The SMILES string of the molecule is Fc1ccc(Nc2ncnc3nc(NCCN4CCOCC4)sc23)cc1. The molecule has 9 heteroatoms. The molecule has 3 heterocycles. The molecular weight excluding hydrogens is 355 g/mol. The van der Waals surface area contributed by atoms with Crippen LogP contribution in [-0.4, -0.2) is 59.2 Å². The maximum Gasteiger partial charge on any atom is 0.185 e. The highest BCUT2D eigenvalue weighted by Gasteiger charge is 2.12. The van der Waals surface area contributed by atoms with Crippen LogP contribution in [0, 0.1) is 5.82 Å². The number of benzene rings is 1. The molecule has 2 N–H and O–H groups in total. The predicted molar refractivity (Wildman–Crippen MR) is 101 cm³/mol. The van der Waals surface area contributed by atoms with E-state index in [2.05, 4.69) is 30.5 Å². The van der Waals surface area contributed by atoms with Gasteiger partial charge in [-0.3, -0.25) is 4.90 Å². The predicted octanol–water partition coefficient (Wildman–Crippen LogP) is 2.71. The summed E-state index contributed by atoms with van der Waals surface area (Å²) >= 11 is 1.51. The van der Waals surface area contributed by atoms with Crippen LogP contribution in [0.25, 0.3) is 10.3 Å². The first-order chi connectivity index (χ1) is 12.8. The Kier molecular flexibility index (Phi) is 5.19. The van der Waals surface area contributed by atoms with Gasteiger partial charge < -0.3 is 15.4 Å². The van der Waals surface area contributed by atoms with Crippen LogP contribution in [0.4, 0.5) is 21.0 Å². The van der Waals surface area contributed by atoms with Gasteiger partial charge in [-0.25, -0.2) is 14.4 Å². The fraction of sp³-hybridized carbons (Fsp3) is 0.353. The van der Waals surface area contributed by atoms with E-state index in [0.29, 0.717) is 11.5 Å². The molecule has 0 unspecified atom stereocenters. The average Bonchev–Trinajstić information content (AvgIpc) is 3.08. The van der Waals surface area contributed by atoms with Gasteiger partial charge in [0.1, 0.15) is 16.8 Å². The molecule has 26 heavy (non-hydrogen) atoms. The molecule has 4 rings (SSSR count). The summed E-state index contributed by atoms with van der Waals surface area (Å²) in [6.07, 6.45) is 1.48. The van der Waals surface area contributed by atoms with Crippen molar-refractivity contribution >= 4 is 38.3 Å². The minimum Gasteiger partial charge on any atom is -0.379 e. The molecule has 2 aromatic heterocycles. The first-order valence-electron chi connectivity index (χ1n) is 8.46. The number of ether oxygens (including phenoxy) is 1. The number of hydrogen-bond acceptors (Lipinski definition) is 8. The largest absolute Gasteiger partial charge is 0.379 e. The van der Waals surface area contributed by atoms with Gasteiger partial charge in [-0.2, -0.15) is 4.98 Å². The standard InChI is InChI=1S/C17H19FN6OS/c18-12-1-3-13(4-2-12)22-15-14-16(21-11-20-15)23-17(26-14)19-5-6-24-7-9-25-10-8-24/h1-4,11H,5-10H2,(H2,19,20,21,22,23). The van der Waals surface area contributed by atoms with Crippen molar-refractivity contribution in [1.29, 1.82) is 0 Å². The van der Waals surface area contributed by atoms with Crippen LogP contribution in [0.2, 0.25) is 0 Å². The number of anilines is 3. The first kappa shape index (κ1) is 17.1. The Hall–Kier alpha value is -2.36. The topological polar surface area (TPSA) is 75.2 Å². The molecule has 136 valence electrons. The highest BCUT2D eigenvalue weighted by Crippen LogP contribution is 2.30. The van der Waals surface area contributed by atoms with Crippen molar-refractivity contribution in [2.45, 2.75) is 0 Å². The third-order valence-corrected chi connectivity index (χ3v) is 5.12. The first-order valence-corrected chi connectivity index (χ1v) is 9.28. The number of nitrogens with zero attached hydrogens (tertiary/aromatic N) is 4. The van der Waals surface area contributed by atoms with E-state index in [9.17, 15) is 4.39 Å². The van der Waals surface area contributed by atoms with Crippen molar-refractivity contribution in [3.63, 3.8) is 0 Å². The van der Waals surface area contributed by atoms with Crippen LogP contribution in [0.15, 0.2) is 30.6 Å². The van der Waals surface area contributed by atoms with Gasteiger partial charge >= 0.3 is 0 Å². The second-order valence-electron chi connectivity index (χ2n) is 5.91. The lowest BCUT2D eigenvalue weighted by Gasteiger charge is -2.26. The molecule has 1 fully saturated rings. The maximum atomic E-state index is 13.1. The number of hydrogen-bond donors (Lipinski definition) is 2. The zero-order chi connectivity index (χ0) is 17.8. The monoisotopic (exact) mass is 374 g/mol. The second kappa shape index (κ2) is 7.90. The van der Waals surface area contributed by atoms with Gasteiger partial charge in [0.05, 0.1) is 13.2 Å². The molecular formula is C17H19FN6OS. The Morgan fingerprint density at radius 3 is 2.77 bits per heavy atom. The number of morpholine rings is 1. The minimum atomic E-state index is -0.270. The zero-order valence-corrected chi connectivity index (χ0v) is 14.9. The van der Waals surface area contributed by atoms with Gasteiger partial charge in [-0.15, -0.1) is 0 Å². The van der Waals surface area contributed by atoms with Crippen molar-refractivity contribution in [2.24, 2.45) is 0 Å². The third-order valence-electron chi connectivity index (χ3n) is 4.11. The summed E-state index contributed by atoms with van der Waals surface area (Å²) in [7, 11) is 0. The molecule has 1 aromatic carbocycles. The highest BCUT2D eigenvalue weighted by atomic mass is 32.1. The summed E-state index contributed by atoms with van der Waals surface area (Å²) in [5.41, 5.74) is 1.41. The quantitative estimate of drug-likeness (QED) is 0.687. The molecule has 7 nitrogen and oxygen atoms in total. The number of aromatic nitrogens is 3. The van der Waals surface area contributed by atoms with Gasteiger partial charge in [0.2, 0.25) is 0 Å². The van der Waals surface area contributed by atoms with Crippen LogP contribution < -0.4 is 10.6 Å². The van der Waals surface area contributed by atoms with E-state index in [4.69, 9.17) is 4.74 Å². The Bertz CT molecular complexity index is 865. The molecule has 1 aliphatic rings. The Labute approximate surface area is 154 Å². The molecule has 0 aliphatic carbocycles. The highest BCUT2D eigenvalue weighted by molar-refractivity contribution is 7.22. The summed E-state index contributed by atoms with van der Waals surface area (Å²) in [6.45, 7) is 5.31.